The van der Waals surface area contributed by atoms with Crippen LogP contribution in [0.3, 0.4) is 0 Å². The molecule has 0 N–H and O–H groups in total. The summed E-state index contributed by atoms with van der Waals surface area (Å²) in [5.74, 6) is 0. The van der Waals surface area contributed by atoms with Gasteiger partial charge in [-0.3, -0.25) is 9.97 Å². The second-order valence-electron chi connectivity index (χ2n) is 4.15. The van der Waals surface area contributed by atoms with Gasteiger partial charge in [-0.05, 0) is 12.1 Å². The van der Waals surface area contributed by atoms with E-state index in [2.05, 4.69) is 34.2 Å². The minimum Gasteiger partial charge on any atom is -0.254 e. The molecule has 4 nitrogen and oxygen atoms in total. The Labute approximate surface area is 130 Å². The molecule has 0 radical (unpaired) electrons. The van der Waals surface area contributed by atoms with Crippen molar-refractivity contribution >= 4 is 30.3 Å². The van der Waals surface area contributed by atoms with Gasteiger partial charge in [-0.1, -0.05) is 24.3 Å². The molecule has 0 saturated heterocycles. The number of nitrogens with zero attached hydrogens (tertiary/aromatic N) is 2. The average Bonchev–Trinajstić information content (AvgIpc) is 2.46. The molecule has 110 valence electrons. The van der Waals surface area contributed by atoms with Gasteiger partial charge in [-0.15, -0.1) is 0 Å². The maximum atomic E-state index is 10.1. The van der Waals surface area contributed by atoms with Gasteiger partial charge in [0.25, 0.3) is 0 Å². The summed E-state index contributed by atoms with van der Waals surface area (Å²) >= 11 is -0.306. The van der Waals surface area contributed by atoms with Gasteiger partial charge in [0.15, 0.2) is 0 Å². The van der Waals surface area contributed by atoms with Crippen LogP contribution < -0.4 is 0 Å². The zero-order valence-electron chi connectivity index (χ0n) is 11.6. The van der Waals surface area contributed by atoms with Crippen molar-refractivity contribution in [1.82, 2.24) is 9.97 Å². The molecule has 3 rings (SSSR count). The summed E-state index contributed by atoms with van der Waals surface area (Å²) in [5, 5.41) is 2.28. The van der Waals surface area contributed by atoms with Crippen molar-refractivity contribution < 1.29 is 27.6 Å². The second kappa shape index (κ2) is 7.17. The maximum absolute atomic E-state index is 10.1. The summed E-state index contributed by atoms with van der Waals surface area (Å²) in [6.07, 6.45) is 3.60. The molecule has 0 saturated carbocycles. The summed E-state index contributed by atoms with van der Waals surface area (Å²) in [7, 11) is 0. The van der Waals surface area contributed by atoms with E-state index < -0.39 is 0 Å². The Hall–Kier alpha value is -1.96. The van der Waals surface area contributed by atoms with E-state index in [1.165, 1.54) is 13.8 Å². The number of pyridine rings is 2. The van der Waals surface area contributed by atoms with Gasteiger partial charge in [-0.25, -0.2) is 0 Å². The normalized spacial score (nSPS) is 10.2. The Balaban J connectivity index is 0.000000199. The van der Waals surface area contributed by atoms with E-state index in [9.17, 15) is 9.59 Å². The Morgan fingerprint density at radius 2 is 1.24 bits per heavy atom. The first-order valence-electron chi connectivity index (χ1n) is 6.26. The summed E-state index contributed by atoms with van der Waals surface area (Å²) in [6.45, 7) is 2.85. The quantitative estimate of drug-likeness (QED) is 0.512. The number of carbonyl (C=O) groups excluding carboxylic acids is 2. The Morgan fingerprint density at radius 1 is 0.810 bits per heavy atom. The molecule has 1 aromatic carbocycles. The third-order valence-corrected chi connectivity index (χ3v) is 3.66. The Bertz CT molecular complexity index is 735. The first-order valence-corrected chi connectivity index (χ1v) is 7.81. The van der Waals surface area contributed by atoms with Crippen molar-refractivity contribution in [2.45, 2.75) is 13.8 Å². The predicted molar refractivity (Wildman–Crippen MR) is 78.4 cm³/mol. The van der Waals surface area contributed by atoms with Crippen LogP contribution in [0, 0.1) is 0 Å². The van der Waals surface area contributed by atoms with Crippen molar-refractivity contribution in [3.05, 3.63) is 48.8 Å². The van der Waals surface area contributed by atoms with Crippen LogP contribution in [0.25, 0.3) is 21.8 Å². The number of carbonyl (C=O) groups is 2. The molecule has 2 heterocycles. The van der Waals surface area contributed by atoms with Crippen LogP contribution >= 0.6 is 0 Å². The molecule has 0 atom stereocenters. The minimum absolute atomic E-state index is 0.0125. The molecular weight excluding hydrogens is 359 g/mol. The van der Waals surface area contributed by atoms with Gasteiger partial charge in [0.1, 0.15) is 0 Å². The van der Waals surface area contributed by atoms with E-state index in [-0.39, 0.29) is 26.5 Å². The van der Waals surface area contributed by atoms with Crippen LogP contribution in [-0.2, 0) is 27.6 Å². The summed E-state index contributed by atoms with van der Waals surface area (Å²) in [6, 6.07) is 12.1. The predicted octanol–water partition coefficient (Wildman–Crippen LogP) is 2.94. The first kappa shape index (κ1) is 15.4. The van der Waals surface area contributed by atoms with Gasteiger partial charge >= 0.3 is 49.9 Å². The molecule has 0 aliphatic heterocycles. The zero-order valence-corrected chi connectivity index (χ0v) is 13.2. The third-order valence-electron chi connectivity index (χ3n) is 2.57. The molecule has 0 amide bonds. The molecule has 0 bridgehead atoms. The minimum atomic E-state index is -0.306. The van der Waals surface area contributed by atoms with Crippen LogP contribution in [0.1, 0.15) is 13.8 Å². The Morgan fingerprint density at radius 3 is 1.57 bits per heavy atom. The molecule has 0 fully saturated rings. The molecule has 0 aliphatic carbocycles. The van der Waals surface area contributed by atoms with Crippen molar-refractivity contribution in [3.8, 4) is 0 Å². The largest absolute Gasteiger partial charge is 0.254 e. The maximum Gasteiger partial charge on any atom is 0.0964 e. The van der Waals surface area contributed by atoms with E-state index >= 15 is 0 Å². The van der Waals surface area contributed by atoms with E-state index in [1.54, 1.807) is 12.4 Å². The number of rotatable bonds is 2. The van der Waals surface area contributed by atoms with E-state index in [1.807, 2.05) is 12.1 Å². The van der Waals surface area contributed by atoms with E-state index in [0.717, 1.165) is 21.8 Å². The fourth-order valence-electron chi connectivity index (χ4n) is 1.84. The number of hydrogen-bond donors (Lipinski definition) is 0. The number of benzene rings is 1. The van der Waals surface area contributed by atoms with Gasteiger partial charge in [0.2, 0.25) is 0 Å². The zero-order chi connectivity index (χ0) is 15.2. The van der Waals surface area contributed by atoms with Gasteiger partial charge in [0, 0.05) is 23.2 Å². The van der Waals surface area contributed by atoms with Crippen LogP contribution in [-0.4, -0.2) is 18.5 Å². The fourth-order valence-corrected chi connectivity index (χ4v) is 2.61. The van der Waals surface area contributed by atoms with Gasteiger partial charge in [0.05, 0.1) is 11.0 Å². The van der Waals surface area contributed by atoms with Crippen molar-refractivity contribution in [1.29, 1.82) is 0 Å². The van der Waals surface area contributed by atoms with Crippen molar-refractivity contribution in [3.63, 3.8) is 0 Å². The number of fused-ring (bicyclic) bond motifs is 3. The van der Waals surface area contributed by atoms with Crippen molar-refractivity contribution in [2.24, 2.45) is 0 Å². The van der Waals surface area contributed by atoms with E-state index in [4.69, 9.17) is 0 Å². The number of hydrogen-bond acceptors (Lipinski definition) is 4. The summed E-state index contributed by atoms with van der Waals surface area (Å²) < 4.78 is -0.0250. The monoisotopic (exact) mass is 372 g/mol. The fraction of sp³-hybridized carbons (Fsp3) is 0.125. The van der Waals surface area contributed by atoms with Crippen LogP contribution in [0.4, 0.5) is 0 Å². The van der Waals surface area contributed by atoms with Gasteiger partial charge in [-0.2, -0.15) is 0 Å². The third kappa shape index (κ3) is 4.25. The Kier molecular flexibility index (Phi) is 5.27. The molecule has 3 aromatic rings. The molecular formula is C16H14N2O2Pd. The van der Waals surface area contributed by atoms with E-state index in [0.29, 0.717) is 0 Å². The second-order valence-corrected chi connectivity index (χ2v) is 6.73. The molecule has 2 aromatic heterocycles. The van der Waals surface area contributed by atoms with Crippen LogP contribution in [0.2, 0.25) is 0 Å². The average molecular weight is 373 g/mol. The molecule has 21 heavy (non-hydrogen) atoms. The summed E-state index contributed by atoms with van der Waals surface area (Å²) in [5.41, 5.74) is 1.95. The van der Waals surface area contributed by atoms with Crippen LogP contribution in [0.15, 0.2) is 48.8 Å². The molecule has 5 heteroatoms. The standard InChI is InChI=1S/C12H8N2.2C2H3O.Pd/c1-3-9-5-6-10-4-2-8-14-12(10)11(9)13-7-1;2*1-2-3;/h1-8H;2*1H3;. The van der Waals surface area contributed by atoms with Crippen molar-refractivity contribution in [2.75, 3.05) is 0 Å². The SMILES string of the molecule is C[C](=O)[Pd][C](C)=O.c1cnc2c(c1)ccc1cccnc12. The van der Waals surface area contributed by atoms with Gasteiger partial charge < -0.3 is 0 Å². The first-order chi connectivity index (χ1) is 10.1. The smallest absolute Gasteiger partial charge is 0.0964 e. The molecule has 0 spiro atoms. The van der Waals surface area contributed by atoms with Crippen LogP contribution in [0.5, 0.6) is 0 Å². The molecule has 0 unspecified atom stereocenters. The topological polar surface area (TPSA) is 59.9 Å². The molecule has 0 aliphatic rings. The number of aromatic nitrogens is 2. The summed E-state index contributed by atoms with van der Waals surface area (Å²) in [4.78, 5) is 28.8.